The number of carbonyl (C=O) groups is 1. The summed E-state index contributed by atoms with van der Waals surface area (Å²) in [5.74, 6) is 0.881. The maximum absolute atomic E-state index is 12.8. The van der Waals surface area contributed by atoms with Gasteiger partial charge in [0.1, 0.15) is 11.5 Å². The predicted molar refractivity (Wildman–Crippen MR) is 116 cm³/mol. The van der Waals surface area contributed by atoms with Crippen LogP contribution in [0.25, 0.3) is 0 Å². The number of aryl methyl sites for hydroxylation is 1. The van der Waals surface area contributed by atoms with E-state index in [0.717, 1.165) is 0 Å². The van der Waals surface area contributed by atoms with Crippen LogP contribution in [0.2, 0.25) is 0 Å². The molecule has 0 fully saturated rings. The van der Waals surface area contributed by atoms with Crippen LogP contribution in [0.5, 0.6) is 11.5 Å². The maximum atomic E-state index is 12.8. The van der Waals surface area contributed by atoms with E-state index in [-0.39, 0.29) is 10.5 Å². The van der Waals surface area contributed by atoms with Crippen molar-refractivity contribution in [2.75, 3.05) is 24.3 Å². The second-order valence-electron chi connectivity index (χ2n) is 6.49. The average molecular weight is 426 g/mol. The quantitative estimate of drug-likeness (QED) is 0.594. The number of carbonyl (C=O) groups excluding carboxylic acids is 1. The molecule has 0 aliphatic carbocycles. The van der Waals surface area contributed by atoms with Crippen molar-refractivity contribution in [2.24, 2.45) is 0 Å². The standard InChI is InChI=1S/C22H22N2O5S/c1-15-4-13-20(30(26,27)24-17-7-11-19(29-3)12-8-17)14-21(15)22(25)23-16-5-9-18(28-2)10-6-16/h4-14,24H,1-3H3,(H,23,25). The van der Waals surface area contributed by atoms with Gasteiger partial charge in [0.05, 0.1) is 19.1 Å². The van der Waals surface area contributed by atoms with E-state index in [1.54, 1.807) is 68.6 Å². The number of hydrogen-bond acceptors (Lipinski definition) is 5. The average Bonchev–Trinajstić information content (AvgIpc) is 2.74. The molecule has 8 heteroatoms. The van der Waals surface area contributed by atoms with E-state index in [1.165, 1.54) is 19.2 Å². The first-order valence-corrected chi connectivity index (χ1v) is 10.5. The second kappa shape index (κ2) is 8.87. The fraction of sp³-hybridized carbons (Fsp3) is 0.136. The molecular formula is C22H22N2O5S. The Kier molecular flexibility index (Phi) is 6.27. The molecule has 0 spiro atoms. The van der Waals surface area contributed by atoms with Gasteiger partial charge in [0.15, 0.2) is 0 Å². The number of nitrogens with one attached hydrogen (secondary N) is 2. The van der Waals surface area contributed by atoms with Crippen molar-refractivity contribution in [3.8, 4) is 11.5 Å². The molecule has 0 heterocycles. The molecule has 1 amide bonds. The van der Waals surface area contributed by atoms with Crippen LogP contribution >= 0.6 is 0 Å². The predicted octanol–water partition coefficient (Wildman–Crippen LogP) is 4.07. The SMILES string of the molecule is COc1ccc(NC(=O)c2cc(S(=O)(=O)Nc3ccc(OC)cc3)ccc2C)cc1. The van der Waals surface area contributed by atoms with Gasteiger partial charge in [0.2, 0.25) is 0 Å². The molecule has 30 heavy (non-hydrogen) atoms. The van der Waals surface area contributed by atoms with Gasteiger partial charge >= 0.3 is 0 Å². The third kappa shape index (κ3) is 4.90. The summed E-state index contributed by atoms with van der Waals surface area (Å²) < 4.78 is 38.2. The highest BCUT2D eigenvalue weighted by Crippen LogP contribution is 2.22. The Bertz CT molecular complexity index is 1140. The van der Waals surface area contributed by atoms with Crippen LogP contribution in [0, 0.1) is 6.92 Å². The smallest absolute Gasteiger partial charge is 0.261 e. The Balaban J connectivity index is 1.82. The molecule has 0 aliphatic heterocycles. The number of sulfonamides is 1. The number of ether oxygens (including phenoxy) is 2. The van der Waals surface area contributed by atoms with Crippen molar-refractivity contribution in [1.29, 1.82) is 0 Å². The van der Waals surface area contributed by atoms with Crippen LogP contribution in [0.15, 0.2) is 71.6 Å². The summed E-state index contributed by atoms with van der Waals surface area (Å²) in [5.41, 5.74) is 1.89. The highest BCUT2D eigenvalue weighted by molar-refractivity contribution is 7.92. The van der Waals surface area contributed by atoms with E-state index in [1.807, 2.05) is 0 Å². The van der Waals surface area contributed by atoms with Gasteiger partial charge in [0, 0.05) is 16.9 Å². The minimum atomic E-state index is -3.87. The van der Waals surface area contributed by atoms with E-state index in [2.05, 4.69) is 10.0 Å². The van der Waals surface area contributed by atoms with Crippen LogP contribution < -0.4 is 19.5 Å². The molecule has 0 bridgehead atoms. The number of benzene rings is 3. The summed E-state index contributed by atoms with van der Waals surface area (Å²) in [6.07, 6.45) is 0. The van der Waals surface area contributed by atoms with Crippen molar-refractivity contribution in [1.82, 2.24) is 0 Å². The number of methoxy groups -OCH3 is 2. The summed E-state index contributed by atoms with van der Waals surface area (Å²) >= 11 is 0. The Morgan fingerprint density at radius 1 is 0.800 bits per heavy atom. The zero-order valence-corrected chi connectivity index (χ0v) is 17.6. The first kappa shape index (κ1) is 21.2. The third-order valence-electron chi connectivity index (χ3n) is 4.45. The molecule has 3 aromatic carbocycles. The molecule has 0 atom stereocenters. The Hall–Kier alpha value is -3.52. The Morgan fingerprint density at radius 2 is 1.33 bits per heavy atom. The molecule has 7 nitrogen and oxygen atoms in total. The normalized spacial score (nSPS) is 10.9. The van der Waals surface area contributed by atoms with Gasteiger partial charge in [-0.1, -0.05) is 6.07 Å². The molecular weight excluding hydrogens is 404 g/mol. The van der Waals surface area contributed by atoms with Gasteiger partial charge in [-0.25, -0.2) is 8.42 Å². The largest absolute Gasteiger partial charge is 0.497 e. The monoisotopic (exact) mass is 426 g/mol. The molecule has 0 saturated carbocycles. The Labute approximate surface area is 175 Å². The lowest BCUT2D eigenvalue weighted by molar-refractivity contribution is 0.102. The summed E-state index contributed by atoms with van der Waals surface area (Å²) in [6.45, 7) is 1.75. The molecule has 3 aromatic rings. The summed E-state index contributed by atoms with van der Waals surface area (Å²) in [5, 5.41) is 2.77. The molecule has 0 unspecified atom stereocenters. The molecule has 0 aromatic heterocycles. The summed E-state index contributed by atoms with van der Waals surface area (Å²) in [7, 11) is -0.785. The zero-order valence-electron chi connectivity index (χ0n) is 16.8. The molecule has 0 saturated heterocycles. The van der Waals surface area contributed by atoms with Crippen LogP contribution in [0.4, 0.5) is 11.4 Å². The molecule has 156 valence electrons. The fourth-order valence-corrected chi connectivity index (χ4v) is 3.84. The Morgan fingerprint density at radius 3 is 1.87 bits per heavy atom. The lowest BCUT2D eigenvalue weighted by atomic mass is 10.1. The minimum Gasteiger partial charge on any atom is -0.497 e. The molecule has 0 aliphatic rings. The highest BCUT2D eigenvalue weighted by Gasteiger charge is 2.18. The van der Waals surface area contributed by atoms with Crippen molar-refractivity contribution < 1.29 is 22.7 Å². The van der Waals surface area contributed by atoms with Crippen LogP contribution in [0.1, 0.15) is 15.9 Å². The number of anilines is 2. The van der Waals surface area contributed by atoms with E-state index in [9.17, 15) is 13.2 Å². The number of hydrogen-bond donors (Lipinski definition) is 2. The van der Waals surface area contributed by atoms with Crippen molar-refractivity contribution in [2.45, 2.75) is 11.8 Å². The second-order valence-corrected chi connectivity index (χ2v) is 8.18. The van der Waals surface area contributed by atoms with Crippen molar-refractivity contribution in [3.63, 3.8) is 0 Å². The molecule has 2 N–H and O–H groups in total. The molecule has 3 rings (SSSR count). The van der Waals surface area contributed by atoms with Gasteiger partial charge in [-0.15, -0.1) is 0 Å². The van der Waals surface area contributed by atoms with E-state index < -0.39 is 15.9 Å². The lowest BCUT2D eigenvalue weighted by Gasteiger charge is -2.12. The number of rotatable bonds is 7. The first-order chi connectivity index (χ1) is 14.3. The van der Waals surface area contributed by atoms with Gasteiger partial charge in [-0.3, -0.25) is 9.52 Å². The topological polar surface area (TPSA) is 93.7 Å². The summed E-state index contributed by atoms with van der Waals surface area (Å²) in [4.78, 5) is 12.7. The van der Waals surface area contributed by atoms with Gasteiger partial charge in [-0.2, -0.15) is 0 Å². The third-order valence-corrected chi connectivity index (χ3v) is 5.83. The van der Waals surface area contributed by atoms with Gasteiger partial charge in [0.25, 0.3) is 15.9 Å². The van der Waals surface area contributed by atoms with E-state index in [0.29, 0.717) is 28.4 Å². The van der Waals surface area contributed by atoms with E-state index >= 15 is 0 Å². The molecule has 0 radical (unpaired) electrons. The van der Waals surface area contributed by atoms with Crippen LogP contribution in [0.3, 0.4) is 0 Å². The summed E-state index contributed by atoms with van der Waals surface area (Å²) in [6, 6.07) is 17.8. The van der Waals surface area contributed by atoms with Crippen LogP contribution in [-0.2, 0) is 10.0 Å². The van der Waals surface area contributed by atoms with Crippen molar-refractivity contribution in [3.05, 3.63) is 77.9 Å². The number of amides is 1. The fourth-order valence-electron chi connectivity index (χ4n) is 2.76. The van der Waals surface area contributed by atoms with Gasteiger partial charge in [-0.05, 0) is 73.2 Å². The van der Waals surface area contributed by atoms with E-state index in [4.69, 9.17) is 9.47 Å². The van der Waals surface area contributed by atoms with Crippen molar-refractivity contribution >= 4 is 27.3 Å². The minimum absolute atomic E-state index is 0.0104. The first-order valence-electron chi connectivity index (χ1n) is 9.05. The lowest BCUT2D eigenvalue weighted by Crippen LogP contribution is -2.17. The zero-order chi connectivity index (χ0) is 21.7. The maximum Gasteiger partial charge on any atom is 0.261 e. The van der Waals surface area contributed by atoms with Crippen LogP contribution in [-0.4, -0.2) is 28.5 Å². The highest BCUT2D eigenvalue weighted by atomic mass is 32.2. The van der Waals surface area contributed by atoms with Gasteiger partial charge < -0.3 is 14.8 Å².